The minimum atomic E-state index is -4.31. The number of benzene rings is 1. The highest BCUT2D eigenvalue weighted by Crippen LogP contribution is 2.26. The topological polar surface area (TPSA) is 290 Å². The van der Waals surface area contributed by atoms with Crippen molar-refractivity contribution in [1.82, 2.24) is 25.8 Å². The third kappa shape index (κ3) is 20.1. The van der Waals surface area contributed by atoms with Gasteiger partial charge in [0.25, 0.3) is 28.4 Å². The monoisotopic (exact) mass is 839 g/mol. The molecule has 7 N–H and O–H groups in total. The van der Waals surface area contributed by atoms with Gasteiger partial charge in [-0.3, -0.25) is 43.0 Å². The molecule has 20 nitrogen and oxygen atoms in total. The van der Waals surface area contributed by atoms with Crippen LogP contribution in [-0.4, -0.2) is 127 Å². The number of carbonyl (C=O) groups excluding carboxylic acids is 8. The van der Waals surface area contributed by atoms with Gasteiger partial charge in [-0.15, -0.1) is 0 Å². The third-order valence-electron chi connectivity index (χ3n) is 7.56. The van der Waals surface area contributed by atoms with E-state index in [2.05, 4.69) is 53.7 Å². The van der Waals surface area contributed by atoms with E-state index in [-0.39, 0.29) is 19.6 Å². The second-order valence-electron chi connectivity index (χ2n) is 15.1. The quantitative estimate of drug-likeness (QED) is 0.0479. The zero-order valence-electron chi connectivity index (χ0n) is 33.9. The molecule has 2 aliphatic rings. The molecular formula is C37H57N7O13S. The van der Waals surface area contributed by atoms with Crippen LogP contribution in [0, 0.1) is 11.3 Å². The van der Waals surface area contributed by atoms with Crippen LogP contribution in [0.1, 0.15) is 66.9 Å². The molecule has 0 aliphatic carbocycles. The summed E-state index contributed by atoms with van der Waals surface area (Å²) in [6.07, 6.45) is 2.86. The van der Waals surface area contributed by atoms with Gasteiger partial charge in [0, 0.05) is 30.8 Å². The Labute approximate surface area is 338 Å². The van der Waals surface area contributed by atoms with Gasteiger partial charge in [0.1, 0.15) is 18.7 Å². The van der Waals surface area contributed by atoms with Gasteiger partial charge in [-0.05, 0) is 35.4 Å². The van der Waals surface area contributed by atoms with Gasteiger partial charge in [-0.2, -0.15) is 8.42 Å². The fraction of sp³-hybridized carbons (Fsp3) is 0.568. The number of nitrogens with zero attached hydrogens (tertiary/aromatic N) is 2. The van der Waals surface area contributed by atoms with Crippen molar-refractivity contribution in [3.8, 4) is 0 Å². The predicted octanol–water partition coefficient (Wildman–Crippen LogP) is 0.471. The molecule has 2 aliphatic heterocycles. The van der Waals surface area contributed by atoms with Gasteiger partial charge in [-0.25, -0.2) is 4.79 Å². The smallest absolute Gasteiger partial charge is 0.312 e. The van der Waals surface area contributed by atoms with E-state index in [4.69, 9.17) is 15.0 Å². The first-order valence-corrected chi connectivity index (χ1v) is 20.0. The summed E-state index contributed by atoms with van der Waals surface area (Å²) in [6.45, 7) is 13.4. The lowest BCUT2D eigenvalue weighted by atomic mass is 10.0. The number of nitrogens with one attached hydrogen (secondary N) is 4. The molecule has 21 heteroatoms. The molecule has 0 spiro atoms. The predicted molar refractivity (Wildman–Crippen MR) is 211 cm³/mol. The Morgan fingerprint density at radius 1 is 1.00 bits per heavy atom. The molecule has 0 bridgehead atoms. The Morgan fingerprint density at radius 3 is 2.07 bits per heavy atom. The van der Waals surface area contributed by atoms with Crippen molar-refractivity contribution in [3.05, 3.63) is 42.0 Å². The standard InChI is InChI=1S/C28H35N5O12S.C5H12.C4H10N2O/c1-17(2)26(27(39)29-12-22(35)30-19-5-3-18(4-6-19)14-45-16-34)31-23(36)13-32-20(15-44-9-10-46(41,42)43)11-21(28(32)40)33-24(37)7-8-25(33)38;1-5(2,3)4;1-2-3-6-4(5)7/h3-8,16-17,20-21,26H,9-15H2,1-2H3,(H,29,39)(H,30,35)(H,31,36)(H,41,42,43);1-4H3;2-3H2,1H3,(H3,5,6,7). The molecule has 3 unspecified atom stereocenters. The summed E-state index contributed by atoms with van der Waals surface area (Å²) in [5.41, 5.74) is 6.36. The lowest BCUT2D eigenvalue weighted by molar-refractivity contribution is -0.147. The number of rotatable bonds is 19. The van der Waals surface area contributed by atoms with Gasteiger partial charge >= 0.3 is 6.03 Å². The number of nitrogens with two attached hydrogens (primary N) is 1. The molecule has 58 heavy (non-hydrogen) atoms. The van der Waals surface area contributed by atoms with Gasteiger partial charge in [-0.1, -0.05) is 60.6 Å². The summed E-state index contributed by atoms with van der Waals surface area (Å²) in [7, 11) is -4.31. The molecule has 1 saturated heterocycles. The Balaban J connectivity index is 0.00000122. The normalized spacial score (nSPS) is 16.7. The highest BCUT2D eigenvalue weighted by Gasteiger charge is 2.47. The molecule has 1 fully saturated rings. The zero-order valence-corrected chi connectivity index (χ0v) is 34.8. The molecule has 324 valence electrons. The minimum Gasteiger partial charge on any atom is -0.463 e. The van der Waals surface area contributed by atoms with Crippen LogP contribution in [0.2, 0.25) is 0 Å². The first kappa shape index (κ1) is 50.6. The Kier molecular flexibility index (Phi) is 21.3. The number of imide groups is 1. The molecular weight excluding hydrogens is 783 g/mol. The average molecular weight is 840 g/mol. The first-order valence-electron chi connectivity index (χ1n) is 18.4. The summed E-state index contributed by atoms with van der Waals surface area (Å²) in [6, 6.07) is 2.82. The summed E-state index contributed by atoms with van der Waals surface area (Å²) < 4.78 is 40.9. The number of primary amides is 1. The van der Waals surface area contributed by atoms with E-state index in [9.17, 15) is 46.8 Å². The maximum absolute atomic E-state index is 13.3. The molecule has 0 aromatic heterocycles. The maximum atomic E-state index is 13.3. The van der Waals surface area contributed by atoms with Gasteiger partial charge in [0.05, 0.1) is 38.1 Å². The summed E-state index contributed by atoms with van der Waals surface area (Å²) in [5, 5.41) is 10.0. The van der Waals surface area contributed by atoms with E-state index in [0.29, 0.717) is 29.7 Å². The molecule has 8 amide bonds. The lowest BCUT2D eigenvalue weighted by Gasteiger charge is -2.27. The largest absolute Gasteiger partial charge is 0.463 e. The van der Waals surface area contributed by atoms with Crippen LogP contribution in [-0.2, 0) is 59.8 Å². The fourth-order valence-corrected chi connectivity index (χ4v) is 5.32. The van der Waals surface area contributed by atoms with E-state index in [1.807, 2.05) is 6.92 Å². The lowest BCUT2D eigenvalue weighted by Crippen LogP contribution is -2.54. The minimum absolute atomic E-state index is 0.0728. The molecule has 0 saturated carbocycles. The maximum Gasteiger partial charge on any atom is 0.312 e. The van der Waals surface area contributed by atoms with Crippen LogP contribution in [0.5, 0.6) is 0 Å². The molecule has 1 aromatic rings. The Morgan fingerprint density at radius 2 is 1.59 bits per heavy atom. The molecule has 1 aromatic carbocycles. The molecule has 3 atom stereocenters. The van der Waals surface area contributed by atoms with Crippen LogP contribution < -0.4 is 27.0 Å². The van der Waals surface area contributed by atoms with E-state index in [1.165, 1.54) is 0 Å². The van der Waals surface area contributed by atoms with E-state index in [1.54, 1.807) is 38.1 Å². The van der Waals surface area contributed by atoms with Gasteiger partial charge in [0.2, 0.25) is 23.6 Å². The number of ether oxygens (including phenoxy) is 2. The molecule has 2 heterocycles. The van der Waals surface area contributed by atoms with Crippen molar-refractivity contribution in [2.24, 2.45) is 17.1 Å². The van der Waals surface area contributed by atoms with E-state index >= 15 is 0 Å². The Bertz CT molecular complexity index is 1700. The zero-order chi connectivity index (χ0) is 44.2. The molecule has 3 rings (SSSR count). The number of hydrogen-bond donors (Lipinski definition) is 6. The number of likely N-dealkylation sites (tertiary alicyclic amines) is 1. The summed E-state index contributed by atoms with van der Waals surface area (Å²) in [4.78, 5) is 98.2. The number of amides is 8. The van der Waals surface area contributed by atoms with Crippen LogP contribution in [0.4, 0.5) is 10.5 Å². The van der Waals surface area contributed by atoms with Crippen molar-refractivity contribution < 1.29 is 60.8 Å². The van der Waals surface area contributed by atoms with E-state index < -0.39 is 101 Å². The SMILES string of the molecule is CC(C)(C)C.CC(C)C(NC(=O)CN1C(=O)C(N2C(=O)C=CC2=O)CC1COCCS(=O)(=O)O)C(=O)NCC(=O)Nc1ccc(COC=O)cc1.CCCNC(N)=O. The highest BCUT2D eigenvalue weighted by atomic mass is 32.2. The second-order valence-corrected chi connectivity index (χ2v) is 16.6. The van der Waals surface area contributed by atoms with Crippen molar-refractivity contribution in [3.63, 3.8) is 0 Å². The van der Waals surface area contributed by atoms with Crippen molar-refractivity contribution >= 4 is 63.8 Å². The van der Waals surface area contributed by atoms with Crippen molar-refractivity contribution in [2.75, 3.05) is 43.9 Å². The van der Waals surface area contributed by atoms with Gasteiger partial charge in [0.15, 0.2) is 0 Å². The van der Waals surface area contributed by atoms with Crippen molar-refractivity contribution in [2.45, 2.75) is 86.0 Å². The first-order chi connectivity index (χ1) is 27.0. The highest BCUT2D eigenvalue weighted by molar-refractivity contribution is 7.85. The van der Waals surface area contributed by atoms with Gasteiger partial charge < -0.3 is 41.4 Å². The number of hydrogen-bond acceptors (Lipinski definition) is 12. The average Bonchev–Trinajstić information content (AvgIpc) is 3.61. The number of urea groups is 1. The molecule has 0 radical (unpaired) electrons. The number of anilines is 1. The van der Waals surface area contributed by atoms with E-state index in [0.717, 1.165) is 28.4 Å². The van der Waals surface area contributed by atoms with Crippen molar-refractivity contribution in [1.29, 1.82) is 0 Å². The summed E-state index contributed by atoms with van der Waals surface area (Å²) in [5.74, 6) is -5.27. The second kappa shape index (κ2) is 24.4. The summed E-state index contributed by atoms with van der Waals surface area (Å²) >= 11 is 0. The van der Waals surface area contributed by atoms with Crippen LogP contribution in [0.3, 0.4) is 0 Å². The Hall–Kier alpha value is -5.41. The van der Waals surface area contributed by atoms with Crippen LogP contribution in [0.25, 0.3) is 0 Å². The number of carbonyl (C=O) groups is 8. The third-order valence-corrected chi connectivity index (χ3v) is 8.25. The van der Waals surface area contributed by atoms with Crippen LogP contribution in [0.15, 0.2) is 36.4 Å². The fourth-order valence-electron chi connectivity index (χ4n) is 4.99. The van der Waals surface area contributed by atoms with Crippen LogP contribution >= 0.6 is 0 Å².